The maximum Gasteiger partial charge on any atom is 0.472 e. The number of unbranched alkanes of at least 4 members (excludes halogenated alkanes) is 27. The largest absolute Gasteiger partial charge is 0.472 e. The van der Waals surface area contributed by atoms with E-state index in [-0.39, 0.29) is 6.42 Å². The highest BCUT2D eigenvalue weighted by Crippen LogP contribution is 2.47. The molecule has 1 saturated carbocycles. The van der Waals surface area contributed by atoms with Crippen molar-refractivity contribution >= 4 is 13.7 Å². The molecule has 13 nitrogen and oxygen atoms in total. The number of nitrogens with one attached hydrogen (secondary N) is 1. The number of carbonyl (C=O) groups excluding carboxylic acids is 1. The Bertz CT molecular complexity index is 1270. The van der Waals surface area contributed by atoms with Gasteiger partial charge >= 0.3 is 7.82 Å². The lowest BCUT2D eigenvalue weighted by Crippen LogP contribution is -2.64. The fourth-order valence-electron chi connectivity index (χ4n) is 8.37. The molecule has 8 atom stereocenters. The second kappa shape index (κ2) is 41.3. The average Bonchev–Trinajstić information content (AvgIpc) is 3.29. The maximum absolute atomic E-state index is 13.0. The molecule has 0 aliphatic heterocycles. The Balaban J connectivity index is 2.51. The molecule has 1 aliphatic rings. The van der Waals surface area contributed by atoms with E-state index >= 15 is 0 Å². The van der Waals surface area contributed by atoms with Crippen LogP contribution in [-0.4, -0.2) is 108 Å². The molecule has 9 N–H and O–H groups in total. The van der Waals surface area contributed by atoms with E-state index in [4.69, 9.17) is 9.05 Å². The molecule has 0 aromatic heterocycles. The van der Waals surface area contributed by atoms with Crippen molar-refractivity contribution in [1.29, 1.82) is 0 Å². The van der Waals surface area contributed by atoms with Crippen LogP contribution in [0.2, 0.25) is 0 Å². The first-order valence-corrected chi connectivity index (χ1v) is 28.0. The first-order chi connectivity index (χ1) is 31.8. The molecule has 1 amide bonds. The zero-order valence-electron chi connectivity index (χ0n) is 41.4. The molecular weight excluding hydrogens is 862 g/mol. The molecule has 1 fully saturated rings. The SMILES string of the molecule is CCCCCCCCCC/C=C\CCCCCCCC(O)CC(=O)NC(COP(=O)(O)OC1C(O)C(O)C(O)C(O)C1O)C(O)/C=C/CC/C=C/CCCCCCCCCCCCCCC. The van der Waals surface area contributed by atoms with E-state index in [0.29, 0.717) is 12.8 Å². The number of hydrogen-bond donors (Lipinski definition) is 9. The molecule has 0 aromatic rings. The van der Waals surface area contributed by atoms with Crippen LogP contribution in [0.5, 0.6) is 0 Å². The highest BCUT2D eigenvalue weighted by molar-refractivity contribution is 7.47. The summed E-state index contributed by atoms with van der Waals surface area (Å²) >= 11 is 0. The minimum absolute atomic E-state index is 0.257. The molecule has 1 rings (SSSR count). The topological polar surface area (TPSA) is 226 Å². The summed E-state index contributed by atoms with van der Waals surface area (Å²) in [6, 6.07) is -1.26. The van der Waals surface area contributed by atoms with Gasteiger partial charge in [-0.2, -0.15) is 0 Å². The fraction of sp³-hybridized carbons (Fsp3) is 0.865. The zero-order valence-corrected chi connectivity index (χ0v) is 42.3. The lowest BCUT2D eigenvalue weighted by atomic mass is 9.85. The van der Waals surface area contributed by atoms with Gasteiger partial charge in [0.25, 0.3) is 0 Å². The van der Waals surface area contributed by atoms with Gasteiger partial charge in [0.2, 0.25) is 5.91 Å². The molecule has 0 aromatic carbocycles. The zero-order chi connectivity index (χ0) is 48.7. The standard InChI is InChI=1S/C52H98NO12P/c1-3-5-7-9-11-13-15-17-19-21-22-24-26-28-30-32-34-36-38-40-45(55)44(42-64-66(62,63)65-52-50(60)48(58)47(57)49(59)51(52)61)53-46(56)41-43(54)39-37-35-33-31-29-27-25-23-20-18-16-14-12-10-8-6-4-2/h23,25,30,32,38,40,43-45,47-52,54-55,57-61H,3-22,24,26-29,31,33-37,39,41-42H2,1-2H3,(H,53,56)(H,62,63)/b25-23-,32-30+,40-38+. The Kier molecular flexibility index (Phi) is 39.1. The lowest BCUT2D eigenvalue weighted by Gasteiger charge is -2.41. The Labute approximate surface area is 400 Å². The third-order valence-electron chi connectivity index (χ3n) is 12.7. The van der Waals surface area contributed by atoms with E-state index in [1.165, 1.54) is 134 Å². The van der Waals surface area contributed by atoms with Crippen molar-refractivity contribution in [2.75, 3.05) is 6.61 Å². The van der Waals surface area contributed by atoms with Crippen LogP contribution in [0.3, 0.4) is 0 Å². The van der Waals surface area contributed by atoms with Crippen molar-refractivity contribution in [2.24, 2.45) is 0 Å². The highest BCUT2D eigenvalue weighted by Gasteiger charge is 2.51. The fourth-order valence-corrected chi connectivity index (χ4v) is 9.34. The summed E-state index contributed by atoms with van der Waals surface area (Å²) in [5, 5.41) is 74.7. The third-order valence-corrected chi connectivity index (χ3v) is 13.7. The van der Waals surface area contributed by atoms with Crippen molar-refractivity contribution in [3.8, 4) is 0 Å². The van der Waals surface area contributed by atoms with E-state index in [1.54, 1.807) is 6.08 Å². The van der Waals surface area contributed by atoms with Gasteiger partial charge in [-0.15, -0.1) is 0 Å². The van der Waals surface area contributed by atoms with Crippen LogP contribution < -0.4 is 5.32 Å². The number of allylic oxidation sites excluding steroid dienone is 5. The van der Waals surface area contributed by atoms with Crippen LogP contribution in [0.15, 0.2) is 36.5 Å². The quantitative estimate of drug-likeness (QED) is 0.0158. The monoisotopic (exact) mass is 960 g/mol. The number of hydrogen-bond acceptors (Lipinski definition) is 11. The normalized spacial score (nSPS) is 22.6. The van der Waals surface area contributed by atoms with Gasteiger partial charge in [0.1, 0.15) is 36.6 Å². The maximum atomic E-state index is 13.0. The summed E-state index contributed by atoms with van der Waals surface area (Å²) in [5.41, 5.74) is 0. The predicted octanol–water partition coefficient (Wildman–Crippen LogP) is 10.1. The second-order valence-electron chi connectivity index (χ2n) is 18.9. The van der Waals surface area contributed by atoms with Crippen molar-refractivity contribution in [1.82, 2.24) is 5.32 Å². The Morgan fingerprint density at radius 1 is 0.530 bits per heavy atom. The van der Waals surface area contributed by atoms with E-state index in [0.717, 1.165) is 64.2 Å². The summed E-state index contributed by atoms with van der Waals surface area (Å²) in [6.07, 6.45) is 35.1. The number of aliphatic hydroxyl groups excluding tert-OH is 7. The van der Waals surface area contributed by atoms with E-state index in [2.05, 4.69) is 43.5 Å². The van der Waals surface area contributed by atoms with Crippen LogP contribution in [0, 0.1) is 0 Å². The number of carbonyl (C=O) groups is 1. The highest BCUT2D eigenvalue weighted by atomic mass is 31.2. The van der Waals surface area contributed by atoms with Gasteiger partial charge in [-0.25, -0.2) is 4.57 Å². The Hall–Kier alpha value is -1.48. The molecule has 388 valence electrons. The van der Waals surface area contributed by atoms with Gasteiger partial charge in [-0.05, 0) is 57.8 Å². The molecule has 0 radical (unpaired) electrons. The molecule has 0 bridgehead atoms. The number of phosphoric ester groups is 1. The van der Waals surface area contributed by atoms with Gasteiger partial charge in [-0.1, -0.05) is 198 Å². The number of phosphoric acid groups is 1. The van der Waals surface area contributed by atoms with E-state index in [1.807, 2.05) is 0 Å². The molecule has 8 unspecified atom stereocenters. The molecule has 14 heteroatoms. The number of aliphatic hydroxyl groups is 7. The van der Waals surface area contributed by atoms with Gasteiger partial charge in [0, 0.05) is 0 Å². The second-order valence-corrected chi connectivity index (χ2v) is 20.3. The van der Waals surface area contributed by atoms with Crippen LogP contribution in [0.25, 0.3) is 0 Å². The summed E-state index contributed by atoms with van der Waals surface area (Å²) < 4.78 is 22.9. The van der Waals surface area contributed by atoms with Gasteiger partial charge in [-0.3, -0.25) is 13.8 Å². The van der Waals surface area contributed by atoms with Gasteiger partial charge in [0.05, 0.1) is 31.3 Å². The van der Waals surface area contributed by atoms with E-state index in [9.17, 15) is 50.0 Å². The first-order valence-electron chi connectivity index (χ1n) is 26.5. The van der Waals surface area contributed by atoms with Crippen LogP contribution >= 0.6 is 7.82 Å². The van der Waals surface area contributed by atoms with Crippen molar-refractivity contribution in [3.05, 3.63) is 36.5 Å². The molecular formula is C52H98NO12P. The first kappa shape index (κ1) is 62.5. The smallest absolute Gasteiger partial charge is 0.393 e. The number of amides is 1. The van der Waals surface area contributed by atoms with Crippen molar-refractivity contribution in [2.45, 2.75) is 281 Å². The summed E-state index contributed by atoms with van der Waals surface area (Å²) in [6.45, 7) is 3.75. The molecule has 0 saturated heterocycles. The van der Waals surface area contributed by atoms with Gasteiger partial charge < -0.3 is 46.0 Å². The van der Waals surface area contributed by atoms with Crippen LogP contribution in [-0.2, 0) is 18.4 Å². The minimum atomic E-state index is -5.16. The molecule has 1 aliphatic carbocycles. The lowest BCUT2D eigenvalue weighted by molar-refractivity contribution is -0.220. The van der Waals surface area contributed by atoms with Crippen LogP contribution in [0.1, 0.15) is 226 Å². The molecule has 0 heterocycles. The summed E-state index contributed by atoms with van der Waals surface area (Å²) in [7, 11) is -5.16. The summed E-state index contributed by atoms with van der Waals surface area (Å²) in [5.74, 6) is -0.606. The predicted molar refractivity (Wildman–Crippen MR) is 266 cm³/mol. The average molecular weight is 960 g/mol. The summed E-state index contributed by atoms with van der Waals surface area (Å²) in [4.78, 5) is 23.5. The van der Waals surface area contributed by atoms with Crippen LogP contribution in [0.4, 0.5) is 0 Å². The third kappa shape index (κ3) is 32.4. The Morgan fingerprint density at radius 3 is 1.33 bits per heavy atom. The minimum Gasteiger partial charge on any atom is -0.393 e. The number of rotatable bonds is 44. The van der Waals surface area contributed by atoms with E-state index < -0.39 is 75.2 Å². The molecule has 0 spiro atoms. The van der Waals surface area contributed by atoms with Crippen molar-refractivity contribution < 1.29 is 59.0 Å². The molecule has 66 heavy (non-hydrogen) atoms. The Morgan fingerprint density at radius 2 is 0.894 bits per heavy atom. The van der Waals surface area contributed by atoms with Gasteiger partial charge in [0.15, 0.2) is 0 Å². The van der Waals surface area contributed by atoms with Crippen molar-refractivity contribution in [3.63, 3.8) is 0 Å².